The number of nitrogens with one attached hydrogen (secondary N) is 1. The van der Waals surface area contributed by atoms with Crippen LogP contribution in [0.1, 0.15) is 25.7 Å². The fraction of sp³-hybridized carbons (Fsp3) is 0.462. The number of rotatable bonds is 0. The normalized spacial score (nSPS) is 21.6. The van der Waals surface area contributed by atoms with E-state index >= 15 is 0 Å². The second kappa shape index (κ2) is 3.72. The van der Waals surface area contributed by atoms with Crippen LogP contribution in [0.5, 0.6) is 5.75 Å². The van der Waals surface area contributed by atoms with E-state index in [0.29, 0.717) is 18.0 Å². The van der Waals surface area contributed by atoms with E-state index in [-0.39, 0.29) is 11.7 Å². The van der Waals surface area contributed by atoms with Gasteiger partial charge in [0.1, 0.15) is 18.2 Å². The van der Waals surface area contributed by atoms with Gasteiger partial charge in [-0.15, -0.1) is 0 Å². The minimum atomic E-state index is -0.407. The van der Waals surface area contributed by atoms with Gasteiger partial charge in [0.05, 0.1) is 11.1 Å². The van der Waals surface area contributed by atoms with Gasteiger partial charge in [0, 0.05) is 6.07 Å². The zero-order valence-electron chi connectivity index (χ0n) is 9.46. The minimum Gasteiger partial charge on any atom is -0.490 e. The molecule has 0 bridgehead atoms. The Morgan fingerprint density at radius 1 is 1.29 bits per heavy atom. The van der Waals surface area contributed by atoms with E-state index in [1.54, 1.807) is 6.07 Å². The Hall–Kier alpha value is -1.58. The van der Waals surface area contributed by atoms with Gasteiger partial charge in [0.15, 0.2) is 0 Å². The summed E-state index contributed by atoms with van der Waals surface area (Å²) in [7, 11) is 0. The minimum absolute atomic E-state index is 0.0284. The molecule has 4 heteroatoms. The monoisotopic (exact) mass is 235 g/mol. The highest BCUT2D eigenvalue weighted by Gasteiger charge is 2.43. The molecule has 1 spiro atoms. The van der Waals surface area contributed by atoms with Crippen LogP contribution in [0.4, 0.5) is 10.1 Å². The first-order valence-electron chi connectivity index (χ1n) is 5.93. The average Bonchev–Trinajstić information content (AvgIpc) is 2.73. The first kappa shape index (κ1) is 10.6. The van der Waals surface area contributed by atoms with Gasteiger partial charge in [-0.3, -0.25) is 4.79 Å². The number of benzene rings is 1. The summed E-state index contributed by atoms with van der Waals surface area (Å²) in [5.41, 5.74) is 0.0361. The van der Waals surface area contributed by atoms with E-state index in [0.717, 1.165) is 25.7 Å². The van der Waals surface area contributed by atoms with Crippen LogP contribution in [0, 0.1) is 11.2 Å². The number of ether oxygens (including phenoxy) is 1. The second-order valence-electron chi connectivity index (χ2n) is 4.87. The first-order valence-corrected chi connectivity index (χ1v) is 5.93. The van der Waals surface area contributed by atoms with E-state index in [9.17, 15) is 9.18 Å². The topological polar surface area (TPSA) is 38.3 Å². The van der Waals surface area contributed by atoms with Crippen LogP contribution in [0.15, 0.2) is 18.2 Å². The third-order valence-corrected chi connectivity index (χ3v) is 3.74. The summed E-state index contributed by atoms with van der Waals surface area (Å²) < 4.78 is 18.8. The lowest BCUT2D eigenvalue weighted by Crippen LogP contribution is -2.37. The highest BCUT2D eigenvalue weighted by Crippen LogP contribution is 2.42. The van der Waals surface area contributed by atoms with Gasteiger partial charge in [0.25, 0.3) is 0 Å². The lowest BCUT2D eigenvalue weighted by atomic mass is 9.86. The highest BCUT2D eigenvalue weighted by atomic mass is 19.1. The predicted molar refractivity (Wildman–Crippen MR) is 61.4 cm³/mol. The van der Waals surface area contributed by atoms with Crippen LogP contribution in [0.2, 0.25) is 0 Å². The smallest absolute Gasteiger partial charge is 0.234 e. The molecular weight excluding hydrogens is 221 g/mol. The van der Waals surface area contributed by atoms with Crippen molar-refractivity contribution in [1.82, 2.24) is 0 Å². The Balaban J connectivity index is 1.96. The Morgan fingerprint density at radius 3 is 2.82 bits per heavy atom. The van der Waals surface area contributed by atoms with Crippen molar-refractivity contribution in [3.05, 3.63) is 24.0 Å². The molecule has 3 rings (SSSR count). The number of hydrogen-bond acceptors (Lipinski definition) is 2. The van der Waals surface area contributed by atoms with Crippen molar-refractivity contribution in [2.75, 3.05) is 11.9 Å². The summed E-state index contributed by atoms with van der Waals surface area (Å²) in [6.07, 6.45) is 3.83. The SMILES string of the molecule is O=C1Nc2cc(F)ccc2OCC12CCCC2. The zero-order valence-corrected chi connectivity index (χ0v) is 9.46. The lowest BCUT2D eigenvalue weighted by molar-refractivity contribution is -0.126. The number of carbonyl (C=O) groups is 1. The number of anilines is 1. The van der Waals surface area contributed by atoms with E-state index in [2.05, 4.69) is 5.32 Å². The van der Waals surface area contributed by atoms with Crippen molar-refractivity contribution in [2.45, 2.75) is 25.7 Å². The van der Waals surface area contributed by atoms with Crippen molar-refractivity contribution in [3.63, 3.8) is 0 Å². The van der Waals surface area contributed by atoms with Crippen molar-refractivity contribution in [2.24, 2.45) is 5.41 Å². The van der Waals surface area contributed by atoms with Gasteiger partial charge < -0.3 is 10.1 Å². The molecule has 1 amide bonds. The van der Waals surface area contributed by atoms with E-state index in [1.165, 1.54) is 12.1 Å². The number of fused-ring (bicyclic) bond motifs is 1. The molecule has 1 heterocycles. The maximum atomic E-state index is 13.1. The van der Waals surface area contributed by atoms with Gasteiger partial charge in [-0.25, -0.2) is 4.39 Å². The molecule has 1 saturated carbocycles. The Bertz CT molecular complexity index is 466. The molecule has 0 saturated heterocycles. The maximum absolute atomic E-state index is 13.1. The summed E-state index contributed by atoms with van der Waals surface area (Å²) in [6.45, 7) is 0.400. The molecule has 0 atom stereocenters. The van der Waals surface area contributed by atoms with E-state index in [1.807, 2.05) is 0 Å². The average molecular weight is 235 g/mol. The standard InChI is InChI=1S/C13H14FNO2/c14-9-3-4-11-10(7-9)15-12(16)13(8-17-11)5-1-2-6-13/h3-4,7H,1-2,5-6,8H2,(H,15,16). The fourth-order valence-electron chi connectivity index (χ4n) is 2.69. The van der Waals surface area contributed by atoms with Crippen LogP contribution in [0.25, 0.3) is 0 Å². The largest absolute Gasteiger partial charge is 0.490 e. The summed E-state index contributed by atoms with van der Waals surface area (Å²) in [4.78, 5) is 12.2. The molecule has 17 heavy (non-hydrogen) atoms. The van der Waals surface area contributed by atoms with E-state index < -0.39 is 5.41 Å². The molecule has 1 fully saturated rings. The van der Waals surface area contributed by atoms with Crippen molar-refractivity contribution in [3.8, 4) is 5.75 Å². The fourth-order valence-corrected chi connectivity index (χ4v) is 2.69. The van der Waals surface area contributed by atoms with Crippen LogP contribution >= 0.6 is 0 Å². The lowest BCUT2D eigenvalue weighted by Gasteiger charge is -2.23. The molecule has 90 valence electrons. The quantitative estimate of drug-likeness (QED) is 0.750. The van der Waals surface area contributed by atoms with Crippen LogP contribution in [-0.2, 0) is 4.79 Å². The second-order valence-corrected chi connectivity index (χ2v) is 4.87. The van der Waals surface area contributed by atoms with Crippen molar-refractivity contribution < 1.29 is 13.9 Å². The molecule has 0 unspecified atom stereocenters. The van der Waals surface area contributed by atoms with Gasteiger partial charge in [-0.2, -0.15) is 0 Å². The molecule has 1 aromatic rings. The maximum Gasteiger partial charge on any atom is 0.234 e. The van der Waals surface area contributed by atoms with Crippen LogP contribution in [-0.4, -0.2) is 12.5 Å². The highest BCUT2D eigenvalue weighted by molar-refractivity contribution is 5.97. The first-order chi connectivity index (χ1) is 8.20. The van der Waals surface area contributed by atoms with Gasteiger partial charge >= 0.3 is 0 Å². The molecule has 3 nitrogen and oxygen atoms in total. The van der Waals surface area contributed by atoms with Crippen LogP contribution in [0.3, 0.4) is 0 Å². The predicted octanol–water partition coefficient (Wildman–Crippen LogP) is 2.72. The molecular formula is C13H14FNO2. The molecule has 1 aliphatic heterocycles. The summed E-state index contributed by atoms with van der Waals surface area (Å²) >= 11 is 0. The number of amides is 1. The summed E-state index contributed by atoms with van der Waals surface area (Å²) in [5, 5.41) is 2.79. The number of halogens is 1. The molecule has 0 aromatic heterocycles. The zero-order chi connectivity index (χ0) is 11.9. The summed E-state index contributed by atoms with van der Waals surface area (Å²) in [6, 6.07) is 4.22. The van der Waals surface area contributed by atoms with E-state index in [4.69, 9.17) is 4.74 Å². The summed E-state index contributed by atoms with van der Waals surface area (Å²) in [5.74, 6) is 0.165. The van der Waals surface area contributed by atoms with Gasteiger partial charge in [0.2, 0.25) is 5.91 Å². The Morgan fingerprint density at radius 2 is 2.06 bits per heavy atom. The van der Waals surface area contributed by atoms with Gasteiger partial charge in [-0.1, -0.05) is 12.8 Å². The molecule has 1 aromatic carbocycles. The third-order valence-electron chi connectivity index (χ3n) is 3.74. The van der Waals surface area contributed by atoms with Crippen molar-refractivity contribution >= 4 is 11.6 Å². The van der Waals surface area contributed by atoms with Crippen LogP contribution < -0.4 is 10.1 Å². The third kappa shape index (κ3) is 1.68. The Kier molecular flexibility index (Phi) is 2.31. The van der Waals surface area contributed by atoms with Crippen molar-refractivity contribution in [1.29, 1.82) is 0 Å². The molecule has 2 aliphatic rings. The number of hydrogen-bond donors (Lipinski definition) is 1. The van der Waals surface area contributed by atoms with Gasteiger partial charge in [-0.05, 0) is 25.0 Å². The number of carbonyl (C=O) groups excluding carboxylic acids is 1. The Labute approximate surface area is 99.0 Å². The molecule has 1 aliphatic carbocycles. The molecule has 1 N–H and O–H groups in total. The molecule has 0 radical (unpaired) electrons.